The van der Waals surface area contributed by atoms with Gasteiger partial charge < -0.3 is 15.0 Å². The van der Waals surface area contributed by atoms with Gasteiger partial charge in [-0.25, -0.2) is 4.98 Å². The van der Waals surface area contributed by atoms with Crippen molar-refractivity contribution in [3.63, 3.8) is 0 Å². The van der Waals surface area contributed by atoms with Gasteiger partial charge in [0.15, 0.2) is 0 Å². The summed E-state index contributed by atoms with van der Waals surface area (Å²) in [7, 11) is 0. The van der Waals surface area contributed by atoms with E-state index < -0.39 is 0 Å². The van der Waals surface area contributed by atoms with Gasteiger partial charge >= 0.3 is 0 Å². The van der Waals surface area contributed by atoms with E-state index in [-0.39, 0.29) is 29.9 Å². The van der Waals surface area contributed by atoms with Gasteiger partial charge in [-0.3, -0.25) is 14.6 Å². The van der Waals surface area contributed by atoms with Crippen LogP contribution in [0.25, 0.3) is 0 Å². The summed E-state index contributed by atoms with van der Waals surface area (Å²) < 4.78 is 5.82. The van der Waals surface area contributed by atoms with Crippen molar-refractivity contribution in [2.45, 2.75) is 38.5 Å². The van der Waals surface area contributed by atoms with Gasteiger partial charge in [-0.15, -0.1) is 11.3 Å². The predicted molar refractivity (Wildman–Crippen MR) is 100 cm³/mol. The predicted octanol–water partition coefficient (Wildman–Crippen LogP) is 1.78. The number of pyridine rings is 1. The molecule has 2 aliphatic heterocycles. The lowest BCUT2D eigenvalue weighted by Crippen LogP contribution is -2.55. The van der Waals surface area contributed by atoms with E-state index in [0.717, 1.165) is 17.0 Å². The number of aryl methyl sites for hydroxylation is 1. The molecule has 4 rings (SSSR count). The molecule has 0 aliphatic carbocycles. The first-order valence-corrected chi connectivity index (χ1v) is 10.0. The van der Waals surface area contributed by atoms with Gasteiger partial charge in [0, 0.05) is 37.5 Å². The van der Waals surface area contributed by atoms with Crippen LogP contribution in [0.3, 0.4) is 0 Å². The number of hydrogen-bond acceptors (Lipinski definition) is 6. The van der Waals surface area contributed by atoms with Gasteiger partial charge in [0.05, 0.1) is 23.1 Å². The molecular formula is C19H22N4O3S. The average molecular weight is 386 g/mol. The first-order valence-electron chi connectivity index (χ1n) is 9.13. The van der Waals surface area contributed by atoms with Gasteiger partial charge in [0.2, 0.25) is 5.91 Å². The Bertz CT molecular complexity index is 825. The summed E-state index contributed by atoms with van der Waals surface area (Å²) in [5.74, 6) is -0.450. The van der Waals surface area contributed by atoms with E-state index in [4.69, 9.17) is 4.74 Å². The second-order valence-corrected chi connectivity index (χ2v) is 8.05. The van der Waals surface area contributed by atoms with E-state index >= 15 is 0 Å². The number of piperidine rings is 1. The largest absolute Gasteiger partial charge is 0.376 e. The van der Waals surface area contributed by atoms with Crippen LogP contribution in [0.15, 0.2) is 29.9 Å². The fraction of sp³-hybridized carbons (Fsp3) is 0.474. The van der Waals surface area contributed by atoms with Crippen LogP contribution in [0.4, 0.5) is 0 Å². The average Bonchev–Trinajstić information content (AvgIpc) is 3.34. The quantitative estimate of drug-likeness (QED) is 0.866. The number of nitrogens with zero attached hydrogens (tertiary/aromatic N) is 3. The molecule has 0 bridgehead atoms. The molecule has 27 heavy (non-hydrogen) atoms. The summed E-state index contributed by atoms with van der Waals surface area (Å²) in [6.45, 7) is 3.34. The Morgan fingerprint density at radius 1 is 1.44 bits per heavy atom. The maximum Gasteiger partial charge on any atom is 0.273 e. The van der Waals surface area contributed by atoms with Crippen molar-refractivity contribution in [1.82, 2.24) is 20.2 Å². The van der Waals surface area contributed by atoms with Crippen LogP contribution < -0.4 is 5.32 Å². The normalized spacial score (nSPS) is 24.5. The Labute approximate surface area is 161 Å². The number of rotatable bonds is 4. The Morgan fingerprint density at radius 2 is 2.33 bits per heavy atom. The van der Waals surface area contributed by atoms with Crippen LogP contribution >= 0.6 is 11.3 Å². The molecule has 0 aromatic carbocycles. The third kappa shape index (κ3) is 3.86. The van der Waals surface area contributed by atoms with Gasteiger partial charge in [-0.05, 0) is 31.4 Å². The van der Waals surface area contributed by atoms with Crippen LogP contribution in [-0.2, 0) is 16.1 Å². The first kappa shape index (κ1) is 18.1. The number of fused-ring (bicyclic) bond motifs is 1. The topological polar surface area (TPSA) is 84.4 Å². The molecule has 0 radical (unpaired) electrons. The van der Waals surface area contributed by atoms with Crippen molar-refractivity contribution in [3.05, 3.63) is 46.2 Å². The van der Waals surface area contributed by atoms with Crippen molar-refractivity contribution in [2.75, 3.05) is 13.2 Å². The van der Waals surface area contributed by atoms with E-state index in [9.17, 15) is 9.59 Å². The standard InChI is InChI=1S/C19H22N4O3S/c1-12-22-15(11-27-12)19(25)23-10-14(7-17-16(23)4-6-26-17)18(24)21-9-13-3-2-5-20-8-13/h2-3,5,8,11,14,16-17H,4,6-7,9-10H2,1H3,(H,21,24)/t14-,16-,17-/m1/s1. The van der Waals surface area contributed by atoms with Crippen LogP contribution in [0, 0.1) is 12.8 Å². The Balaban J connectivity index is 1.46. The van der Waals surface area contributed by atoms with E-state index in [0.29, 0.717) is 31.8 Å². The number of likely N-dealkylation sites (tertiary alicyclic amines) is 1. The SMILES string of the molecule is Cc1nc(C(=O)N2C[C@H](C(=O)NCc3cccnc3)C[C@H]3OCC[C@H]32)cs1. The number of carbonyl (C=O) groups is 2. The van der Waals surface area contributed by atoms with Crippen LogP contribution in [0.5, 0.6) is 0 Å². The summed E-state index contributed by atoms with van der Waals surface area (Å²) in [6, 6.07) is 3.79. The van der Waals surface area contributed by atoms with E-state index in [2.05, 4.69) is 15.3 Å². The van der Waals surface area contributed by atoms with Gasteiger partial charge in [0.25, 0.3) is 5.91 Å². The monoisotopic (exact) mass is 386 g/mol. The highest BCUT2D eigenvalue weighted by Crippen LogP contribution is 2.32. The van der Waals surface area contributed by atoms with E-state index in [1.54, 1.807) is 22.7 Å². The Morgan fingerprint density at radius 3 is 3.07 bits per heavy atom. The lowest BCUT2D eigenvalue weighted by Gasteiger charge is -2.40. The summed E-state index contributed by atoms with van der Waals surface area (Å²) in [4.78, 5) is 35.9. The lowest BCUT2D eigenvalue weighted by atomic mass is 9.89. The number of thiazole rings is 1. The number of hydrogen-bond donors (Lipinski definition) is 1. The maximum atomic E-state index is 13.0. The van der Waals surface area contributed by atoms with Crippen molar-refractivity contribution in [2.24, 2.45) is 5.92 Å². The molecule has 0 spiro atoms. The molecule has 8 heteroatoms. The van der Waals surface area contributed by atoms with E-state index in [1.165, 1.54) is 11.3 Å². The number of carbonyl (C=O) groups excluding carboxylic acids is 2. The molecule has 2 fully saturated rings. The highest BCUT2D eigenvalue weighted by atomic mass is 32.1. The van der Waals surface area contributed by atoms with Crippen molar-refractivity contribution in [1.29, 1.82) is 0 Å². The molecule has 2 saturated heterocycles. The maximum absolute atomic E-state index is 13.0. The fourth-order valence-electron chi connectivity index (χ4n) is 3.82. The van der Waals surface area contributed by atoms with Gasteiger partial charge in [0.1, 0.15) is 5.69 Å². The minimum atomic E-state index is -0.287. The molecule has 7 nitrogen and oxygen atoms in total. The molecule has 1 N–H and O–H groups in total. The fourth-order valence-corrected chi connectivity index (χ4v) is 4.40. The number of aromatic nitrogens is 2. The smallest absolute Gasteiger partial charge is 0.273 e. The molecule has 0 saturated carbocycles. The highest BCUT2D eigenvalue weighted by Gasteiger charge is 2.44. The number of ether oxygens (including phenoxy) is 1. The zero-order chi connectivity index (χ0) is 18.8. The zero-order valence-corrected chi connectivity index (χ0v) is 15.9. The van der Waals surface area contributed by atoms with Crippen LogP contribution in [0.1, 0.15) is 33.9 Å². The number of amides is 2. The second-order valence-electron chi connectivity index (χ2n) is 6.99. The molecule has 2 amide bonds. The molecule has 4 heterocycles. The zero-order valence-electron chi connectivity index (χ0n) is 15.1. The highest BCUT2D eigenvalue weighted by molar-refractivity contribution is 7.09. The first-order chi connectivity index (χ1) is 13.1. The van der Waals surface area contributed by atoms with Gasteiger partial charge in [-0.1, -0.05) is 6.07 Å². The summed E-state index contributed by atoms with van der Waals surface area (Å²) in [5.41, 5.74) is 1.40. The molecule has 2 aliphatic rings. The third-order valence-electron chi connectivity index (χ3n) is 5.17. The Hall–Kier alpha value is -2.32. The van der Waals surface area contributed by atoms with E-state index in [1.807, 2.05) is 19.1 Å². The summed E-state index contributed by atoms with van der Waals surface area (Å²) in [6.07, 6.45) is 4.80. The van der Waals surface area contributed by atoms with Crippen molar-refractivity contribution >= 4 is 23.2 Å². The summed E-state index contributed by atoms with van der Waals surface area (Å²) >= 11 is 1.46. The number of nitrogens with one attached hydrogen (secondary N) is 1. The molecule has 2 aromatic heterocycles. The molecule has 3 atom stereocenters. The third-order valence-corrected chi connectivity index (χ3v) is 5.94. The van der Waals surface area contributed by atoms with Crippen LogP contribution in [0.2, 0.25) is 0 Å². The second kappa shape index (κ2) is 7.74. The lowest BCUT2D eigenvalue weighted by molar-refractivity contribution is -0.128. The molecular weight excluding hydrogens is 364 g/mol. The molecule has 2 aromatic rings. The Kier molecular flexibility index (Phi) is 5.18. The van der Waals surface area contributed by atoms with Gasteiger partial charge in [-0.2, -0.15) is 0 Å². The minimum absolute atomic E-state index is 0.0295. The molecule has 0 unspecified atom stereocenters. The van der Waals surface area contributed by atoms with Crippen LogP contribution in [-0.4, -0.2) is 52.0 Å². The van der Waals surface area contributed by atoms with Crippen molar-refractivity contribution < 1.29 is 14.3 Å². The molecule has 142 valence electrons. The summed E-state index contributed by atoms with van der Waals surface area (Å²) in [5, 5.41) is 5.61. The van der Waals surface area contributed by atoms with Crippen molar-refractivity contribution in [3.8, 4) is 0 Å². The minimum Gasteiger partial charge on any atom is -0.376 e.